The quantitative estimate of drug-likeness (QED) is 0.640. The number of amides is 1. The van der Waals surface area contributed by atoms with Crippen LogP contribution in [-0.2, 0) is 11.3 Å². The Morgan fingerprint density at radius 2 is 1.89 bits per heavy atom. The average molecular weight is 469 g/mol. The first kappa shape index (κ1) is 21.3. The molecule has 7 heteroatoms. The van der Waals surface area contributed by atoms with Gasteiger partial charge in [-0.1, -0.05) is 18.2 Å². The summed E-state index contributed by atoms with van der Waals surface area (Å²) in [6, 6.07) is 9.56. The van der Waals surface area contributed by atoms with E-state index in [1.54, 1.807) is 23.1 Å². The Balaban J connectivity index is 0.00000225. The molecule has 1 aromatic carbocycles. The number of nitrogens with zero attached hydrogens (tertiary/aromatic N) is 2. The number of carbonyl (C=O) groups is 1. The van der Waals surface area contributed by atoms with Crippen LogP contribution < -0.4 is 21.9 Å². The van der Waals surface area contributed by atoms with E-state index in [4.69, 9.17) is 4.74 Å². The molecule has 0 saturated carbocycles. The molecule has 0 unspecified atom stereocenters. The number of benzene rings is 1. The highest BCUT2D eigenvalue weighted by Gasteiger charge is 2.50. The SMILES string of the molecule is C[N+]1(C)[C@@H]2CC[C@H]1C[C@@H](OC(=O)N(Cc1ccccc1F)c1ccsc1)C2.[Br-]. The van der Waals surface area contributed by atoms with Crippen LogP contribution in [0.4, 0.5) is 14.9 Å². The summed E-state index contributed by atoms with van der Waals surface area (Å²) in [4.78, 5) is 14.5. The first-order valence-electron chi connectivity index (χ1n) is 9.52. The Kier molecular flexibility index (Phi) is 6.47. The molecule has 0 radical (unpaired) electrons. The van der Waals surface area contributed by atoms with Gasteiger partial charge in [-0.25, -0.2) is 9.18 Å². The summed E-state index contributed by atoms with van der Waals surface area (Å²) in [6.07, 6.45) is 3.79. The van der Waals surface area contributed by atoms with Crippen molar-refractivity contribution in [1.29, 1.82) is 0 Å². The number of piperidine rings is 1. The van der Waals surface area contributed by atoms with Crippen molar-refractivity contribution in [1.82, 2.24) is 0 Å². The van der Waals surface area contributed by atoms with Crippen LogP contribution in [0, 0.1) is 5.82 Å². The highest BCUT2D eigenvalue weighted by atomic mass is 79.9. The van der Waals surface area contributed by atoms with Gasteiger partial charge in [0, 0.05) is 36.6 Å². The van der Waals surface area contributed by atoms with Crippen molar-refractivity contribution in [3.05, 3.63) is 52.5 Å². The molecule has 28 heavy (non-hydrogen) atoms. The number of anilines is 1. The summed E-state index contributed by atoms with van der Waals surface area (Å²) >= 11 is 1.51. The van der Waals surface area contributed by atoms with Crippen LogP contribution in [0.3, 0.4) is 0 Å². The highest BCUT2D eigenvalue weighted by Crippen LogP contribution is 2.40. The summed E-state index contributed by atoms with van der Waals surface area (Å²) < 4.78 is 21.1. The normalized spacial score (nSPS) is 25.0. The fraction of sp³-hybridized carbons (Fsp3) is 0.476. The molecule has 3 atom stereocenters. The van der Waals surface area contributed by atoms with Crippen molar-refractivity contribution in [2.75, 3.05) is 19.0 Å². The summed E-state index contributed by atoms with van der Waals surface area (Å²) in [7, 11) is 4.58. The van der Waals surface area contributed by atoms with Crippen LogP contribution in [0.25, 0.3) is 0 Å². The molecule has 2 bridgehead atoms. The molecule has 4 nitrogen and oxygen atoms in total. The van der Waals surface area contributed by atoms with Crippen molar-refractivity contribution in [2.45, 2.75) is 50.4 Å². The average Bonchev–Trinajstić information content (AvgIpc) is 3.17. The number of hydrogen-bond acceptors (Lipinski definition) is 3. The summed E-state index contributed by atoms with van der Waals surface area (Å²) in [6.45, 7) is 0.170. The van der Waals surface area contributed by atoms with Gasteiger partial charge in [0.25, 0.3) is 0 Å². The van der Waals surface area contributed by atoms with Gasteiger partial charge in [-0.3, -0.25) is 4.90 Å². The molecule has 4 rings (SSSR count). The zero-order chi connectivity index (χ0) is 19.0. The minimum atomic E-state index is -0.381. The van der Waals surface area contributed by atoms with Gasteiger partial charge in [-0.05, 0) is 17.5 Å². The van der Waals surface area contributed by atoms with E-state index in [1.165, 1.54) is 30.2 Å². The molecule has 0 aliphatic carbocycles. The number of thiophene rings is 1. The van der Waals surface area contributed by atoms with Crippen molar-refractivity contribution in [3.63, 3.8) is 0 Å². The molecule has 2 fully saturated rings. The number of fused-ring (bicyclic) bond motifs is 2. The van der Waals surface area contributed by atoms with Gasteiger partial charge in [0.05, 0.1) is 38.4 Å². The predicted octanol–water partition coefficient (Wildman–Crippen LogP) is 1.80. The number of hydrogen-bond donors (Lipinski definition) is 0. The maximum Gasteiger partial charge on any atom is 0.414 e. The van der Waals surface area contributed by atoms with Crippen molar-refractivity contribution >= 4 is 23.1 Å². The third-order valence-corrected chi connectivity index (χ3v) is 7.05. The van der Waals surface area contributed by atoms with Gasteiger partial charge in [-0.2, -0.15) is 11.3 Å². The monoisotopic (exact) mass is 468 g/mol. The molecule has 0 spiro atoms. The van der Waals surface area contributed by atoms with Gasteiger partial charge in [0.2, 0.25) is 0 Å². The second kappa shape index (κ2) is 8.51. The zero-order valence-corrected chi connectivity index (χ0v) is 18.6. The van der Waals surface area contributed by atoms with E-state index in [2.05, 4.69) is 14.1 Å². The van der Waals surface area contributed by atoms with E-state index in [9.17, 15) is 9.18 Å². The third kappa shape index (κ3) is 4.11. The minimum Gasteiger partial charge on any atom is -1.00 e. The lowest BCUT2D eigenvalue weighted by Crippen LogP contribution is -3.00. The number of quaternary nitrogens is 1. The maximum atomic E-state index is 14.1. The van der Waals surface area contributed by atoms with Gasteiger partial charge < -0.3 is 26.2 Å². The first-order chi connectivity index (χ1) is 12.9. The van der Waals surface area contributed by atoms with E-state index < -0.39 is 0 Å². The van der Waals surface area contributed by atoms with Crippen LogP contribution in [0.2, 0.25) is 0 Å². The second-order valence-corrected chi connectivity index (χ2v) is 8.93. The number of ether oxygens (including phenoxy) is 1. The van der Waals surface area contributed by atoms with Crippen LogP contribution >= 0.6 is 11.3 Å². The van der Waals surface area contributed by atoms with Crippen molar-refractivity contribution in [3.8, 4) is 0 Å². The van der Waals surface area contributed by atoms with Crippen LogP contribution in [-0.4, -0.2) is 42.9 Å². The van der Waals surface area contributed by atoms with Gasteiger partial charge in [-0.15, -0.1) is 0 Å². The Morgan fingerprint density at radius 1 is 1.21 bits per heavy atom. The zero-order valence-electron chi connectivity index (χ0n) is 16.2. The molecule has 1 aromatic heterocycles. The maximum absolute atomic E-state index is 14.1. The summed E-state index contributed by atoms with van der Waals surface area (Å²) in [5.41, 5.74) is 1.24. The number of halogens is 2. The number of rotatable bonds is 4. The largest absolute Gasteiger partial charge is 1.00 e. The second-order valence-electron chi connectivity index (χ2n) is 8.15. The molecule has 0 N–H and O–H groups in total. The van der Waals surface area contributed by atoms with E-state index in [0.717, 1.165) is 23.0 Å². The van der Waals surface area contributed by atoms with E-state index in [0.29, 0.717) is 17.6 Å². The Hall–Kier alpha value is -1.44. The van der Waals surface area contributed by atoms with Crippen LogP contribution in [0.5, 0.6) is 0 Å². The predicted molar refractivity (Wildman–Crippen MR) is 105 cm³/mol. The Bertz CT molecular complexity index is 798. The van der Waals surface area contributed by atoms with E-state index in [-0.39, 0.29) is 41.5 Å². The lowest BCUT2D eigenvalue weighted by atomic mass is 9.98. The van der Waals surface area contributed by atoms with Crippen LogP contribution in [0.1, 0.15) is 31.2 Å². The molecular weight excluding hydrogens is 443 g/mol. The van der Waals surface area contributed by atoms with Crippen LogP contribution in [0.15, 0.2) is 41.1 Å². The Morgan fingerprint density at radius 3 is 2.50 bits per heavy atom. The smallest absolute Gasteiger partial charge is 0.414 e. The van der Waals surface area contributed by atoms with Crippen molar-refractivity contribution < 1.29 is 35.4 Å². The molecule has 1 amide bonds. The third-order valence-electron chi connectivity index (χ3n) is 6.38. The lowest BCUT2D eigenvalue weighted by Gasteiger charge is -2.44. The van der Waals surface area contributed by atoms with Gasteiger partial charge in [0.15, 0.2) is 0 Å². The van der Waals surface area contributed by atoms with E-state index in [1.807, 2.05) is 16.8 Å². The number of carbonyl (C=O) groups excluding carboxylic acids is 1. The lowest BCUT2D eigenvalue weighted by molar-refractivity contribution is -0.931. The van der Waals surface area contributed by atoms with E-state index >= 15 is 0 Å². The molecule has 152 valence electrons. The molecule has 2 aliphatic heterocycles. The Labute approximate surface area is 180 Å². The highest BCUT2D eigenvalue weighted by molar-refractivity contribution is 7.08. The minimum absolute atomic E-state index is 0. The molecular formula is C21H26BrFN2O2S. The fourth-order valence-corrected chi connectivity index (χ4v) is 5.24. The summed E-state index contributed by atoms with van der Waals surface area (Å²) in [5.74, 6) is -0.305. The van der Waals surface area contributed by atoms with Gasteiger partial charge >= 0.3 is 6.09 Å². The molecule has 2 aliphatic rings. The standard InChI is InChI=1S/C21H26FN2O2S.BrH/c1-24(2)17-7-8-18(24)12-19(11-17)26-21(25)23(16-9-10-27-14-16)13-15-5-3-4-6-20(15)22;/h3-6,9-10,14,17-19H,7-8,11-13H2,1-2H3;1H/q+1;/p-1/t17-,18+,19+;. The topological polar surface area (TPSA) is 29.5 Å². The first-order valence-corrected chi connectivity index (χ1v) is 10.5. The molecule has 2 saturated heterocycles. The fourth-order valence-electron chi connectivity index (χ4n) is 4.60. The summed E-state index contributed by atoms with van der Waals surface area (Å²) in [5, 5.41) is 3.81. The van der Waals surface area contributed by atoms with Gasteiger partial charge in [0.1, 0.15) is 11.9 Å². The molecule has 2 aromatic rings. The van der Waals surface area contributed by atoms with Crippen molar-refractivity contribution in [2.24, 2.45) is 0 Å². The molecule has 3 heterocycles.